The molecular formula is C17H17Cl2N. The fourth-order valence-electron chi connectivity index (χ4n) is 3.01. The van der Waals surface area contributed by atoms with Gasteiger partial charge in [0.1, 0.15) is 0 Å². The summed E-state index contributed by atoms with van der Waals surface area (Å²) in [6.45, 7) is 1.06. The van der Waals surface area contributed by atoms with E-state index in [0.29, 0.717) is 12.0 Å². The summed E-state index contributed by atoms with van der Waals surface area (Å²) in [5, 5.41) is 5.23. The summed E-state index contributed by atoms with van der Waals surface area (Å²) in [5.74, 6) is 0.462. The molecule has 0 unspecified atom stereocenters. The zero-order valence-corrected chi connectivity index (χ0v) is 12.7. The third kappa shape index (κ3) is 3.01. The molecule has 0 aliphatic carbocycles. The standard InChI is InChI=1S/C17H17Cl2N/c18-14-8-6-12(7-9-14)17-16(5-2-10-20-17)13-3-1-4-15(19)11-13/h1,3-4,6-9,11,16-17,20H,2,5,10H2/t16-,17-/m1/s1. The summed E-state index contributed by atoms with van der Waals surface area (Å²) in [6, 6.07) is 16.7. The average molecular weight is 306 g/mol. The lowest BCUT2D eigenvalue weighted by Crippen LogP contribution is -2.33. The van der Waals surface area contributed by atoms with Crippen LogP contribution >= 0.6 is 23.2 Å². The summed E-state index contributed by atoms with van der Waals surface area (Å²) in [7, 11) is 0. The minimum absolute atomic E-state index is 0.333. The van der Waals surface area contributed by atoms with Crippen molar-refractivity contribution in [1.29, 1.82) is 0 Å². The molecule has 20 heavy (non-hydrogen) atoms. The fraction of sp³-hybridized carbons (Fsp3) is 0.294. The maximum Gasteiger partial charge on any atom is 0.0408 e. The van der Waals surface area contributed by atoms with Gasteiger partial charge < -0.3 is 5.32 Å². The predicted octanol–water partition coefficient (Wildman–Crippen LogP) is 5.20. The van der Waals surface area contributed by atoms with Crippen molar-refractivity contribution in [3.8, 4) is 0 Å². The highest BCUT2D eigenvalue weighted by Crippen LogP contribution is 2.38. The van der Waals surface area contributed by atoms with Crippen molar-refractivity contribution < 1.29 is 0 Å². The van der Waals surface area contributed by atoms with Gasteiger partial charge in [0.15, 0.2) is 0 Å². The molecule has 0 amide bonds. The average Bonchev–Trinajstić information content (AvgIpc) is 2.48. The minimum Gasteiger partial charge on any atom is -0.309 e. The maximum atomic E-state index is 6.14. The van der Waals surface area contributed by atoms with E-state index in [-0.39, 0.29) is 0 Å². The van der Waals surface area contributed by atoms with Crippen LogP contribution in [0, 0.1) is 0 Å². The molecule has 2 atom stereocenters. The zero-order valence-electron chi connectivity index (χ0n) is 11.2. The summed E-state index contributed by atoms with van der Waals surface area (Å²) >= 11 is 12.1. The Morgan fingerprint density at radius 1 is 0.900 bits per heavy atom. The second-order valence-electron chi connectivity index (χ2n) is 5.29. The largest absolute Gasteiger partial charge is 0.309 e. The molecule has 0 bridgehead atoms. The molecule has 2 aromatic rings. The highest BCUT2D eigenvalue weighted by atomic mass is 35.5. The molecule has 104 valence electrons. The molecule has 3 rings (SSSR count). The number of nitrogens with one attached hydrogen (secondary N) is 1. The maximum absolute atomic E-state index is 6.14. The Morgan fingerprint density at radius 3 is 2.45 bits per heavy atom. The topological polar surface area (TPSA) is 12.0 Å². The molecule has 1 fully saturated rings. The Hall–Kier alpha value is -1.02. The molecule has 0 spiro atoms. The Kier molecular flexibility index (Phi) is 4.30. The van der Waals surface area contributed by atoms with E-state index in [2.05, 4.69) is 29.6 Å². The van der Waals surface area contributed by atoms with Crippen LogP contribution in [0.2, 0.25) is 10.0 Å². The highest BCUT2D eigenvalue weighted by Gasteiger charge is 2.27. The zero-order chi connectivity index (χ0) is 13.9. The van der Waals surface area contributed by atoms with Crippen LogP contribution in [0.25, 0.3) is 0 Å². The van der Waals surface area contributed by atoms with Crippen LogP contribution in [0.4, 0.5) is 0 Å². The normalized spacial score (nSPS) is 22.7. The van der Waals surface area contributed by atoms with Gasteiger partial charge in [-0.05, 0) is 54.8 Å². The number of benzene rings is 2. The van der Waals surface area contributed by atoms with Gasteiger partial charge in [0.2, 0.25) is 0 Å². The third-order valence-electron chi connectivity index (χ3n) is 3.96. The van der Waals surface area contributed by atoms with E-state index >= 15 is 0 Å². The van der Waals surface area contributed by atoms with Crippen molar-refractivity contribution in [3.05, 3.63) is 69.7 Å². The van der Waals surface area contributed by atoms with Gasteiger partial charge in [0.05, 0.1) is 0 Å². The summed E-state index contributed by atoms with van der Waals surface area (Å²) in [6.07, 6.45) is 2.38. The van der Waals surface area contributed by atoms with E-state index in [1.807, 2.05) is 24.3 Å². The number of rotatable bonds is 2. The Morgan fingerprint density at radius 2 is 1.70 bits per heavy atom. The molecule has 1 heterocycles. The number of hydrogen-bond acceptors (Lipinski definition) is 1. The van der Waals surface area contributed by atoms with E-state index in [1.165, 1.54) is 24.0 Å². The van der Waals surface area contributed by atoms with Crippen molar-refractivity contribution in [1.82, 2.24) is 5.32 Å². The van der Waals surface area contributed by atoms with Gasteiger partial charge in [0, 0.05) is 22.0 Å². The molecular weight excluding hydrogens is 289 g/mol. The van der Waals surface area contributed by atoms with Crippen LogP contribution in [-0.2, 0) is 0 Å². The molecule has 1 saturated heterocycles. The van der Waals surface area contributed by atoms with Crippen molar-refractivity contribution in [3.63, 3.8) is 0 Å². The summed E-state index contributed by atoms with van der Waals surface area (Å²) in [5.41, 5.74) is 2.60. The Bertz CT molecular complexity index is 580. The third-order valence-corrected chi connectivity index (χ3v) is 4.45. The smallest absolute Gasteiger partial charge is 0.0408 e. The molecule has 1 aliphatic heterocycles. The molecule has 0 aromatic heterocycles. The van der Waals surface area contributed by atoms with E-state index in [4.69, 9.17) is 23.2 Å². The summed E-state index contributed by atoms with van der Waals surface area (Å²) in [4.78, 5) is 0. The molecule has 1 aliphatic rings. The first-order valence-electron chi connectivity index (χ1n) is 6.98. The first-order valence-corrected chi connectivity index (χ1v) is 7.74. The number of piperidine rings is 1. The fourth-order valence-corrected chi connectivity index (χ4v) is 3.33. The molecule has 0 radical (unpaired) electrons. The van der Waals surface area contributed by atoms with Gasteiger partial charge >= 0.3 is 0 Å². The van der Waals surface area contributed by atoms with Gasteiger partial charge in [0.25, 0.3) is 0 Å². The van der Waals surface area contributed by atoms with E-state index in [1.54, 1.807) is 0 Å². The SMILES string of the molecule is Clc1ccc([C@H]2NCCC[C@@H]2c2cccc(Cl)c2)cc1. The minimum atomic E-state index is 0.333. The van der Waals surface area contributed by atoms with Crippen LogP contribution in [-0.4, -0.2) is 6.54 Å². The molecule has 1 N–H and O–H groups in total. The lowest BCUT2D eigenvalue weighted by Gasteiger charge is -2.33. The molecule has 2 aromatic carbocycles. The monoisotopic (exact) mass is 305 g/mol. The molecule has 0 saturated carbocycles. The van der Waals surface area contributed by atoms with Crippen LogP contribution in [0.15, 0.2) is 48.5 Å². The van der Waals surface area contributed by atoms with Crippen LogP contribution < -0.4 is 5.32 Å². The quantitative estimate of drug-likeness (QED) is 0.804. The lowest BCUT2D eigenvalue weighted by molar-refractivity contribution is 0.358. The van der Waals surface area contributed by atoms with Crippen LogP contribution in [0.1, 0.15) is 35.9 Å². The van der Waals surface area contributed by atoms with E-state index < -0.39 is 0 Å². The molecule has 3 heteroatoms. The first-order chi connectivity index (χ1) is 9.74. The van der Waals surface area contributed by atoms with Gasteiger partial charge in [-0.2, -0.15) is 0 Å². The predicted molar refractivity (Wildman–Crippen MR) is 85.6 cm³/mol. The van der Waals surface area contributed by atoms with Gasteiger partial charge in [-0.3, -0.25) is 0 Å². The van der Waals surface area contributed by atoms with Crippen LogP contribution in [0.5, 0.6) is 0 Å². The van der Waals surface area contributed by atoms with E-state index in [0.717, 1.165) is 16.6 Å². The van der Waals surface area contributed by atoms with Crippen molar-refractivity contribution in [2.45, 2.75) is 24.8 Å². The van der Waals surface area contributed by atoms with Gasteiger partial charge in [-0.15, -0.1) is 0 Å². The van der Waals surface area contributed by atoms with Gasteiger partial charge in [-0.1, -0.05) is 47.5 Å². The van der Waals surface area contributed by atoms with Crippen LogP contribution in [0.3, 0.4) is 0 Å². The molecule has 1 nitrogen and oxygen atoms in total. The first kappa shape index (κ1) is 13.9. The Balaban J connectivity index is 1.93. The van der Waals surface area contributed by atoms with Crippen molar-refractivity contribution in [2.24, 2.45) is 0 Å². The van der Waals surface area contributed by atoms with Crippen molar-refractivity contribution >= 4 is 23.2 Å². The summed E-state index contributed by atoms with van der Waals surface area (Å²) < 4.78 is 0. The van der Waals surface area contributed by atoms with Gasteiger partial charge in [-0.25, -0.2) is 0 Å². The second-order valence-corrected chi connectivity index (χ2v) is 6.16. The Labute approximate surface area is 129 Å². The lowest BCUT2D eigenvalue weighted by atomic mass is 9.81. The van der Waals surface area contributed by atoms with Crippen molar-refractivity contribution in [2.75, 3.05) is 6.54 Å². The number of halogens is 2. The second kappa shape index (κ2) is 6.17. The highest BCUT2D eigenvalue weighted by molar-refractivity contribution is 6.30. The van der Waals surface area contributed by atoms with E-state index in [9.17, 15) is 0 Å². The number of hydrogen-bond donors (Lipinski definition) is 1.